The molecule has 7 nitrogen and oxygen atoms in total. The fraction of sp³-hybridized carbons (Fsp3) is 0.957. The first kappa shape index (κ1) is 23.8. The third-order valence-corrected chi connectivity index (χ3v) is 7.24. The number of hydrogen-bond acceptors (Lipinski definition) is 5. The van der Waals surface area contributed by atoms with E-state index in [1.807, 2.05) is 0 Å². The molecule has 2 aliphatic heterocycles. The molecular formula is C23H44N4O3. The molecule has 3 atom stereocenters. The zero-order chi connectivity index (χ0) is 21.4. The highest BCUT2D eigenvalue weighted by atomic mass is 16.7. The highest BCUT2D eigenvalue weighted by Crippen LogP contribution is 2.42. The maximum Gasteiger partial charge on any atom is 0.317 e. The molecule has 0 bridgehead atoms. The summed E-state index contributed by atoms with van der Waals surface area (Å²) in [6.45, 7) is 14.3. The number of piperidine rings is 1. The molecule has 0 aromatic rings. The minimum Gasteiger partial charge on any atom is -0.348 e. The van der Waals surface area contributed by atoms with Crippen molar-refractivity contribution in [1.82, 2.24) is 20.4 Å². The van der Waals surface area contributed by atoms with Gasteiger partial charge in [-0.1, -0.05) is 27.2 Å². The van der Waals surface area contributed by atoms with Crippen molar-refractivity contribution in [3.05, 3.63) is 0 Å². The summed E-state index contributed by atoms with van der Waals surface area (Å²) in [5.41, 5.74) is 0. The Labute approximate surface area is 183 Å². The van der Waals surface area contributed by atoms with Crippen LogP contribution in [0.25, 0.3) is 0 Å². The van der Waals surface area contributed by atoms with Crippen LogP contribution in [0.4, 0.5) is 4.79 Å². The molecule has 0 unspecified atom stereocenters. The van der Waals surface area contributed by atoms with Crippen LogP contribution in [0.2, 0.25) is 0 Å². The molecule has 3 fully saturated rings. The smallest absolute Gasteiger partial charge is 0.317 e. The Hall–Kier alpha value is -0.890. The number of carbonyl (C=O) groups is 1. The molecule has 2 amide bonds. The monoisotopic (exact) mass is 424 g/mol. The lowest BCUT2D eigenvalue weighted by Gasteiger charge is -2.46. The zero-order valence-electron chi connectivity index (χ0n) is 19.5. The van der Waals surface area contributed by atoms with Crippen molar-refractivity contribution in [3.8, 4) is 0 Å². The van der Waals surface area contributed by atoms with Gasteiger partial charge >= 0.3 is 6.03 Å². The van der Waals surface area contributed by atoms with Crippen LogP contribution in [0.3, 0.4) is 0 Å². The van der Waals surface area contributed by atoms with Crippen molar-refractivity contribution in [1.29, 1.82) is 0 Å². The lowest BCUT2D eigenvalue weighted by atomic mass is 9.73. The van der Waals surface area contributed by atoms with Gasteiger partial charge in [-0.25, -0.2) is 4.79 Å². The number of nitrogens with zero attached hydrogens (tertiary/aromatic N) is 2. The van der Waals surface area contributed by atoms with E-state index in [0.29, 0.717) is 24.4 Å². The molecule has 30 heavy (non-hydrogen) atoms. The van der Waals surface area contributed by atoms with Gasteiger partial charge in [-0.3, -0.25) is 0 Å². The predicted molar refractivity (Wildman–Crippen MR) is 120 cm³/mol. The number of fused-ring (bicyclic) bond motifs is 1. The lowest BCUT2D eigenvalue weighted by molar-refractivity contribution is -0.194. The summed E-state index contributed by atoms with van der Waals surface area (Å²) in [6.07, 6.45) is 6.44. The third kappa shape index (κ3) is 6.31. The Morgan fingerprint density at radius 1 is 1.17 bits per heavy atom. The zero-order valence-corrected chi connectivity index (χ0v) is 19.5. The van der Waals surface area contributed by atoms with E-state index in [1.165, 1.54) is 0 Å². The van der Waals surface area contributed by atoms with Gasteiger partial charge in [-0.05, 0) is 50.7 Å². The SMILES string of the molecule is CCCCN(C[C@H]1CN[C@@H]2CCC3(C[C@H]2C1)OCCO3)C(=O)NCCN(CC)CC. The Morgan fingerprint density at radius 3 is 2.63 bits per heavy atom. The quantitative estimate of drug-likeness (QED) is 0.564. The van der Waals surface area contributed by atoms with Crippen molar-refractivity contribution in [3.63, 3.8) is 0 Å². The first-order chi connectivity index (χ1) is 14.6. The molecule has 0 radical (unpaired) electrons. The van der Waals surface area contributed by atoms with Gasteiger partial charge in [-0.15, -0.1) is 0 Å². The number of rotatable bonds is 10. The number of carbonyl (C=O) groups excluding carboxylic acids is 1. The number of hydrogen-bond donors (Lipinski definition) is 2. The van der Waals surface area contributed by atoms with Crippen LogP contribution in [-0.2, 0) is 9.47 Å². The van der Waals surface area contributed by atoms with Crippen molar-refractivity contribution in [2.45, 2.75) is 71.1 Å². The van der Waals surface area contributed by atoms with Gasteiger partial charge in [0.25, 0.3) is 0 Å². The third-order valence-electron chi connectivity index (χ3n) is 7.24. The first-order valence-corrected chi connectivity index (χ1v) is 12.4. The van der Waals surface area contributed by atoms with Crippen LogP contribution in [0.5, 0.6) is 0 Å². The van der Waals surface area contributed by atoms with Crippen LogP contribution in [0, 0.1) is 11.8 Å². The van der Waals surface area contributed by atoms with Gasteiger partial charge in [0.15, 0.2) is 5.79 Å². The fourth-order valence-corrected chi connectivity index (χ4v) is 5.41. The van der Waals surface area contributed by atoms with E-state index in [9.17, 15) is 4.79 Å². The van der Waals surface area contributed by atoms with Crippen molar-refractivity contribution >= 4 is 6.03 Å². The number of unbranched alkanes of at least 4 members (excludes halogenated alkanes) is 1. The molecule has 0 aromatic carbocycles. The van der Waals surface area contributed by atoms with Crippen LogP contribution in [-0.4, -0.2) is 86.7 Å². The molecule has 1 aliphatic carbocycles. The van der Waals surface area contributed by atoms with Gasteiger partial charge in [0, 0.05) is 45.1 Å². The van der Waals surface area contributed by atoms with Crippen molar-refractivity contribution in [2.75, 3.05) is 59.0 Å². The summed E-state index contributed by atoms with van der Waals surface area (Å²) in [5, 5.41) is 6.94. The average molecular weight is 425 g/mol. The van der Waals surface area contributed by atoms with E-state index < -0.39 is 0 Å². The summed E-state index contributed by atoms with van der Waals surface area (Å²) in [4.78, 5) is 17.3. The van der Waals surface area contributed by atoms with Gasteiger partial charge in [0.1, 0.15) is 0 Å². The molecular weight excluding hydrogens is 380 g/mol. The number of likely N-dealkylation sites (N-methyl/N-ethyl adjacent to an activating group) is 1. The second-order valence-electron chi connectivity index (χ2n) is 9.29. The van der Waals surface area contributed by atoms with Gasteiger partial charge < -0.3 is 29.9 Å². The van der Waals surface area contributed by atoms with E-state index in [4.69, 9.17) is 9.47 Å². The molecule has 0 aromatic heterocycles. The number of amides is 2. The van der Waals surface area contributed by atoms with Gasteiger partial charge in [0.2, 0.25) is 0 Å². The molecule has 1 spiro atoms. The summed E-state index contributed by atoms with van der Waals surface area (Å²) < 4.78 is 12.0. The van der Waals surface area contributed by atoms with E-state index >= 15 is 0 Å². The summed E-state index contributed by atoms with van der Waals surface area (Å²) in [7, 11) is 0. The Balaban J connectivity index is 1.50. The largest absolute Gasteiger partial charge is 0.348 e. The maximum atomic E-state index is 12.9. The molecule has 3 aliphatic rings. The second-order valence-corrected chi connectivity index (χ2v) is 9.29. The van der Waals surface area contributed by atoms with Crippen LogP contribution in [0.15, 0.2) is 0 Å². The normalized spacial score (nSPS) is 27.9. The molecule has 1 saturated carbocycles. The van der Waals surface area contributed by atoms with Crippen molar-refractivity contribution < 1.29 is 14.3 Å². The van der Waals surface area contributed by atoms with Crippen LogP contribution < -0.4 is 10.6 Å². The van der Waals surface area contributed by atoms with Gasteiger partial charge in [-0.2, -0.15) is 0 Å². The Morgan fingerprint density at radius 2 is 1.93 bits per heavy atom. The fourth-order valence-electron chi connectivity index (χ4n) is 5.41. The highest BCUT2D eigenvalue weighted by molar-refractivity contribution is 5.74. The Kier molecular flexibility index (Phi) is 9.23. The van der Waals surface area contributed by atoms with E-state index in [-0.39, 0.29) is 11.8 Å². The van der Waals surface area contributed by atoms with Crippen molar-refractivity contribution in [2.24, 2.45) is 11.8 Å². The number of nitrogens with one attached hydrogen (secondary N) is 2. The molecule has 2 N–H and O–H groups in total. The molecule has 2 saturated heterocycles. The van der Waals surface area contributed by atoms with Crippen LogP contribution >= 0.6 is 0 Å². The maximum absolute atomic E-state index is 12.9. The standard InChI is InChI=1S/C23H44N4O3/c1-4-7-11-27(22(28)24-10-12-26(5-2)6-3)18-19-15-20-16-23(29-13-14-30-23)9-8-21(20)25-17-19/h19-21,25H,4-18H2,1-3H3,(H,24,28)/t19-,20-,21-/m1/s1. The number of ether oxygens (including phenoxy) is 2. The second kappa shape index (κ2) is 11.7. The molecule has 2 heterocycles. The van der Waals surface area contributed by atoms with Crippen LogP contribution in [0.1, 0.15) is 59.3 Å². The first-order valence-electron chi connectivity index (χ1n) is 12.4. The molecule has 3 rings (SSSR count). The average Bonchev–Trinajstić information content (AvgIpc) is 3.21. The Bertz CT molecular complexity index is 523. The van der Waals surface area contributed by atoms with E-state index in [1.54, 1.807) is 0 Å². The lowest BCUT2D eigenvalue weighted by Crippen LogP contribution is -2.55. The summed E-state index contributed by atoms with van der Waals surface area (Å²) >= 11 is 0. The topological polar surface area (TPSA) is 66.1 Å². The molecule has 7 heteroatoms. The summed E-state index contributed by atoms with van der Waals surface area (Å²) in [6, 6.07) is 0.673. The predicted octanol–water partition coefficient (Wildman–Crippen LogP) is 2.66. The van der Waals surface area contributed by atoms with Gasteiger partial charge in [0.05, 0.1) is 13.2 Å². The summed E-state index contributed by atoms with van der Waals surface area (Å²) in [5.74, 6) is 0.747. The minimum absolute atomic E-state index is 0.0975. The van der Waals surface area contributed by atoms with E-state index in [0.717, 1.165) is 91.0 Å². The highest BCUT2D eigenvalue weighted by Gasteiger charge is 2.46. The molecule has 174 valence electrons. The minimum atomic E-state index is -0.325. The number of urea groups is 1. The van der Waals surface area contributed by atoms with E-state index in [2.05, 4.69) is 41.2 Å².